The lowest BCUT2D eigenvalue weighted by Gasteiger charge is -2.29. The van der Waals surface area contributed by atoms with E-state index in [2.05, 4.69) is 27.7 Å². The van der Waals surface area contributed by atoms with Crippen LogP contribution >= 0.6 is 0 Å². The highest BCUT2D eigenvalue weighted by atomic mass is 16.5. The number of rotatable bonds is 5. The molecule has 0 amide bonds. The van der Waals surface area contributed by atoms with Gasteiger partial charge >= 0.3 is 0 Å². The highest BCUT2D eigenvalue weighted by Gasteiger charge is 2.23. The highest BCUT2D eigenvalue weighted by Crippen LogP contribution is 2.35. The normalized spacial score (nSPS) is 14.9. The summed E-state index contributed by atoms with van der Waals surface area (Å²) in [7, 11) is 3.23. The Morgan fingerprint density at radius 3 is 1.89 bits per heavy atom. The van der Waals surface area contributed by atoms with Crippen molar-refractivity contribution in [1.29, 1.82) is 0 Å². The van der Waals surface area contributed by atoms with Crippen molar-refractivity contribution >= 4 is 0 Å². The lowest BCUT2D eigenvalue weighted by atomic mass is 9.78. The topological polar surface area (TPSA) is 38.7 Å². The van der Waals surface area contributed by atoms with Gasteiger partial charge in [0.05, 0.1) is 20.3 Å². The molecule has 2 atom stereocenters. The molecule has 0 spiro atoms. The molecule has 0 aliphatic heterocycles. The van der Waals surface area contributed by atoms with Crippen LogP contribution in [0.1, 0.15) is 45.8 Å². The van der Waals surface area contributed by atoms with Gasteiger partial charge in [0.1, 0.15) is 11.5 Å². The van der Waals surface area contributed by atoms with Crippen molar-refractivity contribution in [3.8, 4) is 11.5 Å². The summed E-state index contributed by atoms with van der Waals surface area (Å²) in [4.78, 5) is 0. The Labute approximate surface area is 116 Å². The monoisotopic (exact) mass is 266 g/mol. The van der Waals surface area contributed by atoms with E-state index in [0.717, 1.165) is 12.0 Å². The van der Waals surface area contributed by atoms with Crippen molar-refractivity contribution in [2.75, 3.05) is 14.2 Å². The molecule has 0 radical (unpaired) electrons. The molecule has 2 unspecified atom stereocenters. The molecule has 0 aliphatic carbocycles. The molecule has 0 fully saturated rings. The second-order valence-corrected chi connectivity index (χ2v) is 6.16. The van der Waals surface area contributed by atoms with E-state index in [0.29, 0.717) is 17.4 Å². The molecule has 0 heterocycles. The van der Waals surface area contributed by atoms with Gasteiger partial charge in [0.15, 0.2) is 0 Å². The number of aliphatic hydroxyl groups excluding tert-OH is 1. The number of aliphatic hydroxyl groups is 1. The summed E-state index contributed by atoms with van der Waals surface area (Å²) in [5.74, 6) is 1.83. The first-order valence-electron chi connectivity index (χ1n) is 6.69. The van der Waals surface area contributed by atoms with E-state index in [1.807, 2.05) is 18.2 Å². The quantitative estimate of drug-likeness (QED) is 0.880. The summed E-state index contributed by atoms with van der Waals surface area (Å²) in [6.07, 6.45) is 0.220. The van der Waals surface area contributed by atoms with Crippen molar-refractivity contribution in [3.63, 3.8) is 0 Å². The van der Waals surface area contributed by atoms with Gasteiger partial charge in [0, 0.05) is 6.07 Å². The van der Waals surface area contributed by atoms with E-state index < -0.39 is 6.10 Å². The molecule has 19 heavy (non-hydrogen) atoms. The van der Waals surface area contributed by atoms with E-state index in [9.17, 15) is 5.11 Å². The molecule has 3 heteroatoms. The molecule has 0 aliphatic rings. The average molecular weight is 266 g/mol. The SMILES string of the molecule is COc1cc(OC)cc(C(O)CC(C)C(C)(C)C)c1. The molecule has 0 bridgehead atoms. The van der Waals surface area contributed by atoms with Crippen molar-refractivity contribution in [2.45, 2.75) is 40.2 Å². The molecular weight excluding hydrogens is 240 g/mol. The minimum Gasteiger partial charge on any atom is -0.497 e. The Kier molecular flexibility index (Phi) is 5.24. The second kappa shape index (κ2) is 6.29. The standard InChI is InChI=1S/C16H26O3/c1-11(16(2,3)4)7-15(17)12-8-13(18-5)10-14(9-12)19-6/h8-11,15,17H,7H2,1-6H3. The predicted octanol–water partition coefficient (Wildman–Crippen LogP) is 3.81. The minimum absolute atomic E-state index is 0.184. The molecule has 1 aromatic rings. The van der Waals surface area contributed by atoms with Gasteiger partial charge in [-0.15, -0.1) is 0 Å². The van der Waals surface area contributed by atoms with E-state index in [-0.39, 0.29) is 5.41 Å². The average Bonchev–Trinajstić information content (AvgIpc) is 2.36. The molecule has 1 N–H and O–H groups in total. The Morgan fingerprint density at radius 2 is 1.53 bits per heavy atom. The summed E-state index contributed by atoms with van der Waals surface area (Å²) in [5, 5.41) is 10.4. The maximum absolute atomic E-state index is 10.4. The first-order valence-corrected chi connectivity index (χ1v) is 6.69. The largest absolute Gasteiger partial charge is 0.497 e. The summed E-state index contributed by atoms with van der Waals surface area (Å²) in [6.45, 7) is 8.74. The molecule has 1 rings (SSSR count). The van der Waals surface area contributed by atoms with Crippen molar-refractivity contribution in [3.05, 3.63) is 23.8 Å². The van der Waals surface area contributed by atoms with Gasteiger partial charge in [-0.05, 0) is 35.4 Å². The smallest absolute Gasteiger partial charge is 0.122 e. The molecule has 0 aromatic heterocycles. The van der Waals surface area contributed by atoms with Gasteiger partial charge in [-0.2, -0.15) is 0 Å². The molecule has 0 saturated carbocycles. The van der Waals surface area contributed by atoms with Crippen molar-refractivity contribution in [2.24, 2.45) is 11.3 Å². The number of methoxy groups -OCH3 is 2. The van der Waals surface area contributed by atoms with Crippen molar-refractivity contribution < 1.29 is 14.6 Å². The molecule has 108 valence electrons. The van der Waals surface area contributed by atoms with Gasteiger partial charge in [-0.1, -0.05) is 27.7 Å². The van der Waals surface area contributed by atoms with Crippen LogP contribution in [0.4, 0.5) is 0 Å². The summed E-state index contributed by atoms with van der Waals surface area (Å²) < 4.78 is 10.5. The summed E-state index contributed by atoms with van der Waals surface area (Å²) in [6, 6.07) is 5.54. The van der Waals surface area contributed by atoms with E-state index in [1.165, 1.54) is 0 Å². The maximum Gasteiger partial charge on any atom is 0.122 e. The van der Waals surface area contributed by atoms with Crippen LogP contribution in [-0.4, -0.2) is 19.3 Å². The predicted molar refractivity (Wildman–Crippen MR) is 77.7 cm³/mol. The van der Waals surface area contributed by atoms with E-state index in [4.69, 9.17) is 9.47 Å². The zero-order valence-corrected chi connectivity index (χ0v) is 12.9. The number of hydrogen-bond donors (Lipinski definition) is 1. The Hall–Kier alpha value is -1.22. The Bertz CT molecular complexity index is 385. The summed E-state index contributed by atoms with van der Waals surface area (Å²) >= 11 is 0. The second-order valence-electron chi connectivity index (χ2n) is 6.16. The van der Waals surface area contributed by atoms with Gasteiger partial charge in [-0.25, -0.2) is 0 Å². The maximum atomic E-state index is 10.4. The lowest BCUT2D eigenvalue weighted by Crippen LogP contribution is -2.19. The zero-order chi connectivity index (χ0) is 14.6. The first kappa shape index (κ1) is 15.8. The van der Waals surface area contributed by atoms with E-state index >= 15 is 0 Å². The van der Waals surface area contributed by atoms with Crippen LogP contribution in [0.25, 0.3) is 0 Å². The fourth-order valence-corrected chi connectivity index (χ4v) is 1.85. The molecule has 3 nitrogen and oxygen atoms in total. The third-order valence-electron chi connectivity index (χ3n) is 3.81. The van der Waals surface area contributed by atoms with Gasteiger partial charge in [-0.3, -0.25) is 0 Å². The third-order valence-corrected chi connectivity index (χ3v) is 3.81. The highest BCUT2D eigenvalue weighted by molar-refractivity contribution is 5.39. The van der Waals surface area contributed by atoms with Gasteiger partial charge < -0.3 is 14.6 Å². The van der Waals surface area contributed by atoms with Crippen LogP contribution in [0, 0.1) is 11.3 Å². The zero-order valence-electron chi connectivity index (χ0n) is 12.9. The molecule has 0 saturated heterocycles. The van der Waals surface area contributed by atoms with Crippen LogP contribution < -0.4 is 9.47 Å². The van der Waals surface area contributed by atoms with Crippen LogP contribution in [-0.2, 0) is 0 Å². The molecule has 1 aromatic carbocycles. The fraction of sp³-hybridized carbons (Fsp3) is 0.625. The Balaban J connectivity index is 2.90. The lowest BCUT2D eigenvalue weighted by molar-refractivity contribution is 0.110. The van der Waals surface area contributed by atoms with Crippen LogP contribution in [0.3, 0.4) is 0 Å². The Morgan fingerprint density at radius 1 is 1.05 bits per heavy atom. The van der Waals surface area contributed by atoms with Crippen LogP contribution in [0.2, 0.25) is 0 Å². The number of hydrogen-bond acceptors (Lipinski definition) is 3. The minimum atomic E-state index is -0.502. The van der Waals surface area contributed by atoms with Gasteiger partial charge in [0.2, 0.25) is 0 Å². The van der Waals surface area contributed by atoms with E-state index in [1.54, 1.807) is 14.2 Å². The van der Waals surface area contributed by atoms with Gasteiger partial charge in [0.25, 0.3) is 0 Å². The fourth-order valence-electron chi connectivity index (χ4n) is 1.85. The summed E-state index contributed by atoms with van der Waals surface area (Å²) in [5.41, 5.74) is 1.02. The third kappa shape index (κ3) is 4.43. The first-order chi connectivity index (χ1) is 8.77. The van der Waals surface area contributed by atoms with Crippen LogP contribution in [0.15, 0.2) is 18.2 Å². The number of ether oxygens (including phenoxy) is 2. The van der Waals surface area contributed by atoms with Crippen molar-refractivity contribution in [1.82, 2.24) is 0 Å². The van der Waals surface area contributed by atoms with Crippen LogP contribution in [0.5, 0.6) is 11.5 Å². The molecular formula is C16H26O3. The number of benzene rings is 1.